The standard InChI is InChI=1S/C19H22ClNO7/c1-4-11(2)17(19(24)25-3)21-15(22)9-26-16(23)6-5-12-7-13(20)18-14(8-12)27-10-28-18/h5-8,11,17H,4,9-10H2,1-3H3,(H,21,22)/b6-5+/t11-,17+/m0/s1. The van der Waals surface area contributed by atoms with Crippen LogP contribution in [0, 0.1) is 5.92 Å². The zero-order valence-corrected chi connectivity index (χ0v) is 16.6. The van der Waals surface area contributed by atoms with Crippen molar-refractivity contribution in [3.63, 3.8) is 0 Å². The molecule has 1 heterocycles. The van der Waals surface area contributed by atoms with E-state index in [1.54, 1.807) is 12.1 Å². The Morgan fingerprint density at radius 3 is 2.75 bits per heavy atom. The maximum Gasteiger partial charge on any atom is 0.331 e. The minimum atomic E-state index is -0.799. The third-order valence-electron chi connectivity index (χ3n) is 4.19. The highest BCUT2D eigenvalue weighted by Crippen LogP contribution is 2.40. The van der Waals surface area contributed by atoms with Gasteiger partial charge in [-0.2, -0.15) is 0 Å². The van der Waals surface area contributed by atoms with Crippen molar-refractivity contribution in [1.82, 2.24) is 5.32 Å². The highest BCUT2D eigenvalue weighted by molar-refractivity contribution is 6.32. The van der Waals surface area contributed by atoms with E-state index < -0.39 is 30.5 Å². The molecule has 8 nitrogen and oxygen atoms in total. The first-order valence-electron chi connectivity index (χ1n) is 8.66. The van der Waals surface area contributed by atoms with Crippen LogP contribution in [0.15, 0.2) is 18.2 Å². The molecule has 1 N–H and O–H groups in total. The van der Waals surface area contributed by atoms with Gasteiger partial charge in [0.05, 0.1) is 12.1 Å². The normalized spacial score (nSPS) is 14.4. The lowest BCUT2D eigenvalue weighted by molar-refractivity contribution is -0.148. The number of benzene rings is 1. The molecule has 0 spiro atoms. The second kappa shape index (κ2) is 9.98. The predicted octanol–water partition coefficient (Wildman–Crippen LogP) is 2.33. The van der Waals surface area contributed by atoms with Crippen LogP contribution >= 0.6 is 11.6 Å². The van der Waals surface area contributed by atoms with E-state index in [1.807, 2.05) is 13.8 Å². The van der Waals surface area contributed by atoms with Crippen LogP contribution < -0.4 is 14.8 Å². The summed E-state index contributed by atoms with van der Waals surface area (Å²) in [5, 5.41) is 2.88. The molecule has 1 aliphatic rings. The van der Waals surface area contributed by atoms with Gasteiger partial charge in [-0.1, -0.05) is 31.9 Å². The summed E-state index contributed by atoms with van der Waals surface area (Å²) in [6, 6.07) is 2.48. The van der Waals surface area contributed by atoms with E-state index in [2.05, 4.69) is 10.1 Å². The molecule has 0 radical (unpaired) electrons. The average molecular weight is 412 g/mol. The summed E-state index contributed by atoms with van der Waals surface area (Å²) in [4.78, 5) is 35.6. The predicted molar refractivity (Wildman–Crippen MR) is 101 cm³/mol. The van der Waals surface area contributed by atoms with Crippen LogP contribution in [0.3, 0.4) is 0 Å². The number of carbonyl (C=O) groups is 3. The quantitative estimate of drug-likeness (QED) is 0.517. The molecule has 0 saturated heterocycles. The zero-order chi connectivity index (χ0) is 20.7. The number of rotatable bonds is 8. The second-order valence-corrected chi connectivity index (χ2v) is 6.54. The van der Waals surface area contributed by atoms with Crippen LogP contribution in [0.1, 0.15) is 25.8 Å². The Kier molecular flexibility index (Phi) is 7.69. The Morgan fingerprint density at radius 1 is 1.32 bits per heavy atom. The molecule has 2 atom stereocenters. The molecule has 2 rings (SSSR count). The van der Waals surface area contributed by atoms with E-state index in [4.69, 9.17) is 25.8 Å². The summed E-state index contributed by atoms with van der Waals surface area (Å²) in [6.07, 6.45) is 3.30. The number of methoxy groups -OCH3 is 1. The van der Waals surface area contributed by atoms with Crippen molar-refractivity contribution >= 4 is 35.5 Å². The molecule has 0 aliphatic carbocycles. The first-order chi connectivity index (χ1) is 13.3. The number of halogens is 1. The van der Waals surface area contributed by atoms with Gasteiger partial charge in [0, 0.05) is 6.08 Å². The molecule has 0 fully saturated rings. The van der Waals surface area contributed by atoms with Crippen molar-refractivity contribution < 1.29 is 33.3 Å². The molecule has 0 aromatic heterocycles. The van der Waals surface area contributed by atoms with Gasteiger partial charge in [0.25, 0.3) is 5.91 Å². The van der Waals surface area contributed by atoms with Crippen LogP contribution in [0.4, 0.5) is 0 Å². The number of esters is 2. The topological polar surface area (TPSA) is 100 Å². The fourth-order valence-corrected chi connectivity index (χ4v) is 2.72. The molecule has 152 valence electrons. The van der Waals surface area contributed by atoms with Crippen molar-refractivity contribution in [2.75, 3.05) is 20.5 Å². The first-order valence-corrected chi connectivity index (χ1v) is 9.04. The number of ether oxygens (including phenoxy) is 4. The summed E-state index contributed by atoms with van der Waals surface area (Å²) in [5.41, 5.74) is 0.609. The van der Waals surface area contributed by atoms with Crippen LogP contribution in [-0.4, -0.2) is 44.4 Å². The lowest BCUT2D eigenvalue weighted by Crippen LogP contribution is -2.47. The maximum absolute atomic E-state index is 12.0. The number of carbonyl (C=O) groups excluding carboxylic acids is 3. The fraction of sp³-hybridized carbons (Fsp3) is 0.421. The summed E-state index contributed by atoms with van der Waals surface area (Å²) in [7, 11) is 1.25. The van der Waals surface area contributed by atoms with Crippen molar-refractivity contribution in [2.24, 2.45) is 5.92 Å². The van der Waals surface area contributed by atoms with Crippen LogP contribution in [-0.2, 0) is 23.9 Å². The van der Waals surface area contributed by atoms with Gasteiger partial charge in [0.2, 0.25) is 6.79 Å². The van der Waals surface area contributed by atoms with Crippen molar-refractivity contribution in [3.05, 3.63) is 28.8 Å². The SMILES string of the molecule is CC[C@H](C)[C@@H](NC(=O)COC(=O)/C=C/c1cc(Cl)c2c(c1)OCO2)C(=O)OC. The average Bonchev–Trinajstić information content (AvgIpc) is 3.17. The highest BCUT2D eigenvalue weighted by atomic mass is 35.5. The van der Waals surface area contributed by atoms with E-state index in [9.17, 15) is 14.4 Å². The van der Waals surface area contributed by atoms with Gasteiger partial charge < -0.3 is 24.3 Å². The molecule has 1 aliphatic heterocycles. The molecule has 9 heteroatoms. The molecule has 1 aromatic carbocycles. The Morgan fingerprint density at radius 2 is 2.07 bits per heavy atom. The minimum Gasteiger partial charge on any atom is -0.467 e. The lowest BCUT2D eigenvalue weighted by atomic mass is 9.99. The van der Waals surface area contributed by atoms with Crippen molar-refractivity contribution in [2.45, 2.75) is 26.3 Å². The largest absolute Gasteiger partial charge is 0.467 e. The summed E-state index contributed by atoms with van der Waals surface area (Å²) >= 11 is 6.07. The molecule has 28 heavy (non-hydrogen) atoms. The summed E-state index contributed by atoms with van der Waals surface area (Å²) in [5.74, 6) is -1.04. The van der Waals surface area contributed by atoms with Gasteiger partial charge in [-0.05, 0) is 29.7 Å². The van der Waals surface area contributed by atoms with Gasteiger partial charge in [-0.3, -0.25) is 4.79 Å². The Balaban J connectivity index is 1.88. The Bertz CT molecular complexity index is 778. The van der Waals surface area contributed by atoms with Gasteiger partial charge in [-0.25, -0.2) is 9.59 Å². The number of nitrogens with one attached hydrogen (secondary N) is 1. The Hall–Kier alpha value is -2.74. The van der Waals surface area contributed by atoms with E-state index in [-0.39, 0.29) is 12.7 Å². The second-order valence-electron chi connectivity index (χ2n) is 6.13. The molecular formula is C19H22ClNO7. The van der Waals surface area contributed by atoms with Crippen molar-refractivity contribution in [1.29, 1.82) is 0 Å². The van der Waals surface area contributed by atoms with E-state index >= 15 is 0 Å². The highest BCUT2D eigenvalue weighted by Gasteiger charge is 2.26. The first kappa shape index (κ1) is 21.6. The third-order valence-corrected chi connectivity index (χ3v) is 4.47. The number of amides is 1. The number of hydrogen-bond donors (Lipinski definition) is 1. The zero-order valence-electron chi connectivity index (χ0n) is 15.8. The molecule has 0 unspecified atom stereocenters. The van der Waals surface area contributed by atoms with Gasteiger partial charge in [-0.15, -0.1) is 0 Å². The smallest absolute Gasteiger partial charge is 0.331 e. The fourth-order valence-electron chi connectivity index (χ4n) is 2.44. The number of fused-ring (bicyclic) bond motifs is 1. The van der Waals surface area contributed by atoms with Gasteiger partial charge >= 0.3 is 11.9 Å². The van der Waals surface area contributed by atoms with Crippen LogP contribution in [0.25, 0.3) is 6.08 Å². The molecule has 0 bridgehead atoms. The lowest BCUT2D eigenvalue weighted by Gasteiger charge is -2.21. The van der Waals surface area contributed by atoms with E-state index in [0.29, 0.717) is 28.5 Å². The summed E-state index contributed by atoms with van der Waals surface area (Å²) in [6.45, 7) is 3.27. The maximum atomic E-state index is 12.0. The van der Waals surface area contributed by atoms with Gasteiger partial charge in [0.1, 0.15) is 6.04 Å². The molecular weight excluding hydrogens is 390 g/mol. The van der Waals surface area contributed by atoms with E-state index in [0.717, 1.165) is 6.08 Å². The molecule has 0 saturated carbocycles. The Labute approximate surface area is 167 Å². The van der Waals surface area contributed by atoms with Crippen molar-refractivity contribution in [3.8, 4) is 11.5 Å². The van der Waals surface area contributed by atoms with Crippen LogP contribution in [0.2, 0.25) is 5.02 Å². The third kappa shape index (κ3) is 5.63. The van der Waals surface area contributed by atoms with E-state index in [1.165, 1.54) is 13.2 Å². The van der Waals surface area contributed by atoms with Gasteiger partial charge in [0.15, 0.2) is 18.1 Å². The minimum absolute atomic E-state index is 0.0859. The number of hydrogen-bond acceptors (Lipinski definition) is 7. The summed E-state index contributed by atoms with van der Waals surface area (Å²) < 4.78 is 20.0. The monoisotopic (exact) mass is 411 g/mol. The molecule has 1 amide bonds. The molecule has 1 aromatic rings. The van der Waals surface area contributed by atoms with Crippen LogP contribution in [0.5, 0.6) is 11.5 Å².